The van der Waals surface area contributed by atoms with E-state index in [1.54, 1.807) is 0 Å². The number of esters is 4. The van der Waals surface area contributed by atoms with Crippen LogP contribution in [0.3, 0.4) is 0 Å². The number of carbonyl (C=O) groups is 4. The molecular formula is C80H156N4O12. The van der Waals surface area contributed by atoms with Crippen molar-refractivity contribution in [3.63, 3.8) is 0 Å². The Bertz CT molecular complexity index is 1750. The zero-order chi connectivity index (χ0) is 70.5. The van der Waals surface area contributed by atoms with Crippen LogP contribution in [0.2, 0.25) is 0 Å². The zero-order valence-electron chi connectivity index (χ0n) is 63.9. The summed E-state index contributed by atoms with van der Waals surface area (Å²) in [6.07, 6.45) is 42.8. The van der Waals surface area contributed by atoms with Crippen molar-refractivity contribution in [1.82, 2.24) is 19.6 Å². The van der Waals surface area contributed by atoms with Crippen molar-refractivity contribution in [2.24, 2.45) is 23.7 Å². The molecule has 0 amide bonds. The number of unbranched alkanes of at least 4 members (excludes halogenated alkanes) is 14. The first-order valence-electron chi connectivity index (χ1n) is 40.9. The lowest BCUT2D eigenvalue weighted by Crippen LogP contribution is -2.47. The Morgan fingerprint density at radius 3 is 0.656 bits per heavy atom. The Kier molecular flexibility index (Phi) is 61.7. The summed E-state index contributed by atoms with van der Waals surface area (Å²) in [5.41, 5.74) is 0. The van der Waals surface area contributed by atoms with Gasteiger partial charge in [-0.2, -0.15) is 0 Å². The summed E-state index contributed by atoms with van der Waals surface area (Å²) in [6.45, 7) is 23.1. The molecular weight excluding hydrogens is 1210 g/mol. The van der Waals surface area contributed by atoms with Crippen LogP contribution in [-0.4, -0.2) is 193 Å². The molecule has 1 rings (SSSR count). The number of ether oxygens (including phenoxy) is 4. The van der Waals surface area contributed by atoms with Gasteiger partial charge in [-0.3, -0.25) is 38.8 Å². The Morgan fingerprint density at radius 1 is 0.260 bits per heavy atom. The third kappa shape index (κ3) is 54.3. The second kappa shape index (κ2) is 64.6. The molecule has 16 heteroatoms. The monoisotopic (exact) mass is 1370 g/mol. The first kappa shape index (κ1) is 91.6. The van der Waals surface area contributed by atoms with Crippen LogP contribution in [0.1, 0.15) is 338 Å². The Hall–Kier alpha value is -2.44. The Labute approximate surface area is 590 Å². The van der Waals surface area contributed by atoms with Gasteiger partial charge < -0.3 is 39.4 Å². The number of rotatable bonds is 62. The van der Waals surface area contributed by atoms with E-state index in [4.69, 9.17) is 18.9 Å². The molecule has 0 aromatic heterocycles. The highest BCUT2D eigenvalue weighted by molar-refractivity contribution is 5.70. The van der Waals surface area contributed by atoms with Gasteiger partial charge in [0.1, 0.15) is 50.8 Å². The summed E-state index contributed by atoms with van der Waals surface area (Å²) in [5.74, 6) is 1.76. The van der Waals surface area contributed by atoms with E-state index in [0.717, 1.165) is 88.4 Å². The van der Waals surface area contributed by atoms with Crippen LogP contribution in [0.25, 0.3) is 0 Å². The lowest BCUT2D eigenvalue weighted by atomic mass is 9.90. The minimum atomic E-state index is -0.926. The van der Waals surface area contributed by atoms with Crippen LogP contribution in [0.15, 0.2) is 0 Å². The molecule has 16 nitrogen and oxygen atoms in total. The van der Waals surface area contributed by atoms with Gasteiger partial charge in [0.15, 0.2) is 0 Å². The smallest absolute Gasteiger partial charge is 0.305 e. The van der Waals surface area contributed by atoms with Gasteiger partial charge in [-0.1, -0.05) is 267 Å². The fourth-order valence-corrected chi connectivity index (χ4v) is 14.1. The minimum absolute atomic E-state index is 0.104. The maximum Gasteiger partial charge on any atom is 0.305 e. The van der Waals surface area contributed by atoms with E-state index in [1.165, 1.54) is 173 Å². The van der Waals surface area contributed by atoms with Crippen molar-refractivity contribution >= 4 is 23.9 Å². The molecule has 4 atom stereocenters. The Balaban J connectivity index is 3.28. The van der Waals surface area contributed by atoms with Gasteiger partial charge in [0.2, 0.25) is 0 Å². The molecule has 4 unspecified atom stereocenters. The number of nitrogens with zero attached hydrogens (tertiary/aromatic N) is 4. The van der Waals surface area contributed by atoms with E-state index < -0.39 is 24.4 Å². The topological polar surface area (TPSA) is 199 Å². The molecule has 4 N–H and O–H groups in total. The summed E-state index contributed by atoms with van der Waals surface area (Å²) in [4.78, 5) is 60.9. The summed E-state index contributed by atoms with van der Waals surface area (Å²) >= 11 is 0. The minimum Gasteiger partial charge on any atom is -0.463 e. The van der Waals surface area contributed by atoms with Crippen LogP contribution in [-0.2, 0) is 38.1 Å². The number of aliphatic hydroxyl groups is 4. The van der Waals surface area contributed by atoms with Gasteiger partial charge in [0.05, 0.1) is 0 Å². The summed E-state index contributed by atoms with van der Waals surface area (Å²) < 4.78 is 22.8. The lowest BCUT2D eigenvalue weighted by molar-refractivity contribution is -0.148. The molecule has 0 aromatic rings. The lowest BCUT2D eigenvalue weighted by Gasteiger charge is -2.34. The normalized spacial score (nSPS) is 15.9. The molecule has 1 fully saturated rings. The van der Waals surface area contributed by atoms with E-state index in [0.29, 0.717) is 96.8 Å². The highest BCUT2D eigenvalue weighted by atomic mass is 16.6. The fourth-order valence-electron chi connectivity index (χ4n) is 14.1. The predicted molar refractivity (Wildman–Crippen MR) is 396 cm³/mol. The second-order valence-electron chi connectivity index (χ2n) is 29.5. The van der Waals surface area contributed by atoms with Crippen LogP contribution in [0.4, 0.5) is 0 Å². The van der Waals surface area contributed by atoms with E-state index in [-0.39, 0.29) is 76.5 Å². The van der Waals surface area contributed by atoms with Gasteiger partial charge in [-0.05, 0) is 94.8 Å². The van der Waals surface area contributed by atoms with Crippen molar-refractivity contribution in [1.29, 1.82) is 0 Å². The molecule has 0 spiro atoms. The van der Waals surface area contributed by atoms with Crippen molar-refractivity contribution in [2.75, 3.05) is 105 Å². The molecule has 0 aromatic carbocycles. The van der Waals surface area contributed by atoms with Crippen LogP contribution < -0.4 is 0 Å². The van der Waals surface area contributed by atoms with Crippen LogP contribution in [0, 0.1) is 23.7 Å². The number of hydrogen-bond acceptors (Lipinski definition) is 16. The summed E-state index contributed by atoms with van der Waals surface area (Å²) in [7, 11) is 0. The van der Waals surface area contributed by atoms with Crippen molar-refractivity contribution in [3.05, 3.63) is 0 Å². The number of carbonyl (C=O) groups excluding carboxylic acids is 4. The van der Waals surface area contributed by atoms with Gasteiger partial charge in [-0.25, -0.2) is 0 Å². The van der Waals surface area contributed by atoms with E-state index in [1.807, 2.05) is 0 Å². The molecule has 0 radical (unpaired) electrons. The van der Waals surface area contributed by atoms with E-state index in [9.17, 15) is 39.6 Å². The molecule has 568 valence electrons. The molecule has 1 aliphatic heterocycles. The standard InChI is InChI=1S/C80H156N4O12/c1-9-17-37-69(38-18-10-2)45-28-25-31-49-77(89)93-65-73(85)61-81-53-35-54-83(63-75(87)67-95-79(91)51-33-27-30-47-71(41-21-13-5)42-22-14-6)59-60-84(64-76(88)68-96-80(92)52-34-48-72(43-23-15-7)44-24-16-8)56-36-55-82(58-57-81)62-74(86)66-94-78(90)50-32-26-29-46-70(39-19-11-3)40-20-12-4/h69-76,85-88H,9-68H2,1-8H3. The quantitative estimate of drug-likeness (QED) is 0.0254. The molecule has 1 heterocycles. The van der Waals surface area contributed by atoms with Crippen LogP contribution in [0.5, 0.6) is 0 Å². The fraction of sp³-hybridized carbons (Fsp3) is 0.950. The third-order valence-corrected chi connectivity index (χ3v) is 20.2. The molecule has 0 saturated carbocycles. The molecule has 0 bridgehead atoms. The number of aliphatic hydroxyl groups excluding tert-OH is 4. The first-order valence-corrected chi connectivity index (χ1v) is 40.9. The zero-order valence-corrected chi connectivity index (χ0v) is 63.9. The third-order valence-electron chi connectivity index (χ3n) is 20.2. The second-order valence-corrected chi connectivity index (χ2v) is 29.5. The average Bonchev–Trinajstić information content (AvgIpc) is 2.69. The van der Waals surface area contributed by atoms with Crippen molar-refractivity contribution in [3.8, 4) is 0 Å². The molecule has 0 aliphatic carbocycles. The van der Waals surface area contributed by atoms with Gasteiger partial charge >= 0.3 is 23.9 Å². The highest BCUT2D eigenvalue weighted by Gasteiger charge is 2.24. The maximum absolute atomic E-state index is 13.1. The van der Waals surface area contributed by atoms with Crippen molar-refractivity contribution < 1.29 is 58.6 Å². The summed E-state index contributed by atoms with van der Waals surface area (Å²) in [5, 5.41) is 46.0. The Morgan fingerprint density at radius 2 is 0.448 bits per heavy atom. The average molecular weight is 1370 g/mol. The highest BCUT2D eigenvalue weighted by Crippen LogP contribution is 2.27. The SMILES string of the molecule is CCCCC(CCCC)CCCCCC(=O)OCC(O)CN1CCCN(CC(O)COC(=O)CCCCCC(CCCC)CCCC)CCN(CC(O)COC(=O)CCCC(CCCC)CCCC)CCCN(CC(O)COC(=O)CCCCCC(CCCC)CCCC)CC1. The van der Waals surface area contributed by atoms with Gasteiger partial charge in [0, 0.05) is 78.0 Å². The number of β-amino-alcohol motifs (C(OH)–C–C–N with tert-alkyl or cyclic N) is 4. The predicted octanol–water partition coefficient (Wildman–Crippen LogP) is 16.6. The molecule has 96 heavy (non-hydrogen) atoms. The van der Waals surface area contributed by atoms with Crippen molar-refractivity contribution in [2.45, 2.75) is 362 Å². The first-order chi connectivity index (χ1) is 46.6. The van der Waals surface area contributed by atoms with Gasteiger partial charge in [-0.15, -0.1) is 0 Å². The molecule has 1 aliphatic rings. The number of hydrogen-bond donors (Lipinski definition) is 4. The largest absolute Gasteiger partial charge is 0.463 e. The van der Waals surface area contributed by atoms with E-state index >= 15 is 0 Å². The maximum atomic E-state index is 13.1. The van der Waals surface area contributed by atoms with Crippen LogP contribution >= 0.6 is 0 Å². The van der Waals surface area contributed by atoms with Gasteiger partial charge in [0.25, 0.3) is 0 Å². The van der Waals surface area contributed by atoms with E-state index in [2.05, 4.69) is 75.0 Å². The molecule has 1 saturated heterocycles. The summed E-state index contributed by atoms with van der Waals surface area (Å²) in [6, 6.07) is 0.